The third kappa shape index (κ3) is 25.1. The molecule has 0 nitrogen and oxygen atoms in total. The maximum atomic E-state index is 3.37. The molecule has 0 spiro atoms. The second kappa shape index (κ2) is 25.1. The van der Waals surface area contributed by atoms with Gasteiger partial charge in [0.1, 0.15) is 0 Å². The van der Waals surface area contributed by atoms with Gasteiger partial charge in [-0.2, -0.15) is 0 Å². The molecule has 0 aromatic rings. The van der Waals surface area contributed by atoms with E-state index in [-0.39, 0.29) is 0 Å². The van der Waals surface area contributed by atoms with E-state index >= 15 is 0 Å². The molecule has 0 bridgehead atoms. The summed E-state index contributed by atoms with van der Waals surface area (Å²) in [4.78, 5) is 0. The Hall–Kier alpha value is -0.880. The molecule has 0 aromatic heterocycles. The van der Waals surface area contributed by atoms with Crippen LogP contribution < -0.4 is 0 Å². The van der Waals surface area contributed by atoms with E-state index in [1.807, 2.05) is 0 Å². The van der Waals surface area contributed by atoms with E-state index in [0.29, 0.717) is 0 Å². The lowest BCUT2D eigenvalue weighted by Crippen LogP contribution is -1.81. The molecule has 0 aliphatic heterocycles. The highest BCUT2D eigenvalue weighted by molar-refractivity contribution is 4.98. The van der Waals surface area contributed by atoms with E-state index in [4.69, 9.17) is 0 Å². The molecular formula is C27H48. The summed E-state index contributed by atoms with van der Waals surface area (Å²) in [6.45, 7) is 4.53. The molecule has 27 heavy (non-hydrogen) atoms. The Morgan fingerprint density at radius 2 is 0.519 bits per heavy atom. The number of unbranched alkanes of at least 4 members (excludes halogenated alkanes) is 18. The van der Waals surface area contributed by atoms with E-state index in [1.165, 1.54) is 109 Å². The lowest BCUT2D eigenvalue weighted by atomic mass is 10.1. The molecule has 156 valence electrons. The largest absolute Gasteiger partial charge is 0.103 e. The van der Waals surface area contributed by atoms with Gasteiger partial charge in [0.2, 0.25) is 0 Å². The van der Waals surface area contributed by atoms with Crippen LogP contribution >= 0.6 is 0 Å². The molecule has 0 amide bonds. The van der Waals surface area contributed by atoms with Gasteiger partial charge in [-0.1, -0.05) is 97.3 Å². The predicted octanol–water partition coefficient (Wildman–Crippen LogP) is 9.23. The van der Waals surface area contributed by atoms with Crippen molar-refractivity contribution in [2.24, 2.45) is 0 Å². The van der Waals surface area contributed by atoms with Crippen LogP contribution in [0.1, 0.15) is 149 Å². The first-order chi connectivity index (χ1) is 13.4. The van der Waals surface area contributed by atoms with E-state index in [0.717, 1.165) is 25.7 Å². The fourth-order valence-corrected chi connectivity index (χ4v) is 3.30. The summed E-state index contributed by atoms with van der Waals surface area (Å²) in [5, 5.41) is 0. The standard InChI is InChI=1S/C27H48/c1-3-5-7-9-11-13-15-17-19-21-23-25-27-26-24-22-20-18-16-14-12-10-8-6-4-2/h3-11,13,15-16,18,20-27H2,1-2H3. The fraction of sp³-hybridized carbons (Fsp3) is 0.852. The lowest BCUT2D eigenvalue weighted by Gasteiger charge is -2.00. The Morgan fingerprint density at radius 3 is 0.852 bits per heavy atom. The van der Waals surface area contributed by atoms with Crippen molar-refractivity contribution in [1.82, 2.24) is 0 Å². The Morgan fingerprint density at radius 1 is 0.296 bits per heavy atom. The summed E-state index contributed by atoms with van der Waals surface area (Å²) < 4.78 is 0. The zero-order chi connectivity index (χ0) is 19.7. The molecule has 0 radical (unpaired) electrons. The van der Waals surface area contributed by atoms with Crippen LogP contribution in [0.4, 0.5) is 0 Å². The minimum atomic E-state index is 1.11. The molecule has 0 aromatic carbocycles. The normalized spacial score (nSPS) is 10.1. The average molecular weight is 373 g/mol. The molecule has 0 aliphatic rings. The van der Waals surface area contributed by atoms with Gasteiger partial charge in [0, 0.05) is 25.7 Å². The Labute approximate surface area is 172 Å². The van der Waals surface area contributed by atoms with Crippen LogP contribution in [0.25, 0.3) is 0 Å². The van der Waals surface area contributed by atoms with Gasteiger partial charge in [0.05, 0.1) is 0 Å². The number of rotatable bonds is 18. The van der Waals surface area contributed by atoms with Crippen LogP contribution in [0.15, 0.2) is 0 Å². The maximum Gasteiger partial charge on any atom is 0.00886 e. The number of hydrogen-bond acceptors (Lipinski definition) is 0. The van der Waals surface area contributed by atoms with Gasteiger partial charge in [-0.15, -0.1) is 23.7 Å². The van der Waals surface area contributed by atoms with Crippen molar-refractivity contribution in [3.05, 3.63) is 0 Å². The van der Waals surface area contributed by atoms with Crippen molar-refractivity contribution in [3.8, 4) is 23.7 Å². The SMILES string of the molecule is CCCCCC#CCCCCCCCCCCC#CCCCCCCCC. The van der Waals surface area contributed by atoms with E-state index < -0.39 is 0 Å². The fourth-order valence-electron chi connectivity index (χ4n) is 3.30. The second-order valence-electron chi connectivity index (χ2n) is 8.01. The molecule has 0 heteroatoms. The molecule has 0 rings (SSSR count). The smallest absolute Gasteiger partial charge is 0.00886 e. The lowest BCUT2D eigenvalue weighted by molar-refractivity contribution is 0.573. The summed E-state index contributed by atoms with van der Waals surface area (Å²) in [7, 11) is 0. The zero-order valence-electron chi connectivity index (χ0n) is 18.8. The van der Waals surface area contributed by atoms with Gasteiger partial charge in [-0.3, -0.25) is 0 Å². The first kappa shape index (κ1) is 26.1. The van der Waals surface area contributed by atoms with E-state index in [1.54, 1.807) is 0 Å². The highest BCUT2D eigenvalue weighted by Crippen LogP contribution is 2.10. The first-order valence-electron chi connectivity index (χ1n) is 12.3. The van der Waals surface area contributed by atoms with Crippen LogP contribution in [0, 0.1) is 23.7 Å². The minimum Gasteiger partial charge on any atom is -0.103 e. The van der Waals surface area contributed by atoms with Crippen LogP contribution in [0.3, 0.4) is 0 Å². The third-order valence-electron chi connectivity index (χ3n) is 5.16. The molecule has 0 unspecified atom stereocenters. The molecule has 0 heterocycles. The van der Waals surface area contributed by atoms with Gasteiger partial charge >= 0.3 is 0 Å². The van der Waals surface area contributed by atoms with Gasteiger partial charge in [0.25, 0.3) is 0 Å². The van der Waals surface area contributed by atoms with Crippen LogP contribution in [-0.4, -0.2) is 0 Å². The van der Waals surface area contributed by atoms with Crippen LogP contribution in [0.5, 0.6) is 0 Å². The monoisotopic (exact) mass is 372 g/mol. The third-order valence-corrected chi connectivity index (χ3v) is 5.16. The summed E-state index contributed by atoms with van der Waals surface area (Å²) >= 11 is 0. The highest BCUT2D eigenvalue weighted by atomic mass is 14.0. The van der Waals surface area contributed by atoms with Crippen LogP contribution in [0.2, 0.25) is 0 Å². The molecule has 0 saturated heterocycles. The highest BCUT2D eigenvalue weighted by Gasteiger charge is 1.92. The van der Waals surface area contributed by atoms with Gasteiger partial charge < -0.3 is 0 Å². The summed E-state index contributed by atoms with van der Waals surface area (Å²) in [5.41, 5.74) is 0. The van der Waals surface area contributed by atoms with Crippen molar-refractivity contribution in [3.63, 3.8) is 0 Å². The minimum absolute atomic E-state index is 1.11. The van der Waals surface area contributed by atoms with Gasteiger partial charge in [-0.25, -0.2) is 0 Å². The predicted molar refractivity (Wildman–Crippen MR) is 124 cm³/mol. The Kier molecular flexibility index (Phi) is 24.3. The average Bonchev–Trinajstić information content (AvgIpc) is 2.68. The Bertz CT molecular complexity index is 384. The quantitative estimate of drug-likeness (QED) is 0.166. The van der Waals surface area contributed by atoms with E-state index in [2.05, 4.69) is 37.5 Å². The van der Waals surface area contributed by atoms with Crippen molar-refractivity contribution >= 4 is 0 Å². The van der Waals surface area contributed by atoms with Crippen molar-refractivity contribution in [2.75, 3.05) is 0 Å². The molecule has 0 N–H and O–H groups in total. The molecule has 0 fully saturated rings. The van der Waals surface area contributed by atoms with Gasteiger partial charge in [-0.05, 0) is 25.7 Å². The Balaban J connectivity index is 3.14. The van der Waals surface area contributed by atoms with Crippen molar-refractivity contribution < 1.29 is 0 Å². The molecule has 0 saturated carbocycles. The first-order valence-corrected chi connectivity index (χ1v) is 12.3. The maximum absolute atomic E-state index is 3.37. The van der Waals surface area contributed by atoms with Crippen LogP contribution in [-0.2, 0) is 0 Å². The van der Waals surface area contributed by atoms with Gasteiger partial charge in [0.15, 0.2) is 0 Å². The van der Waals surface area contributed by atoms with Crippen molar-refractivity contribution in [2.45, 2.75) is 149 Å². The topological polar surface area (TPSA) is 0 Å². The molecular weight excluding hydrogens is 324 g/mol. The summed E-state index contributed by atoms with van der Waals surface area (Å²) in [5.74, 6) is 13.4. The zero-order valence-corrected chi connectivity index (χ0v) is 18.8. The summed E-state index contributed by atoms with van der Waals surface area (Å²) in [6.07, 6.45) is 27.6. The number of hydrogen-bond donors (Lipinski definition) is 0. The molecule has 0 atom stereocenters. The van der Waals surface area contributed by atoms with Crippen molar-refractivity contribution in [1.29, 1.82) is 0 Å². The van der Waals surface area contributed by atoms with E-state index in [9.17, 15) is 0 Å². The second-order valence-corrected chi connectivity index (χ2v) is 8.01. The summed E-state index contributed by atoms with van der Waals surface area (Å²) in [6, 6.07) is 0. The molecule has 0 aliphatic carbocycles.